The quantitative estimate of drug-likeness (QED) is 0.853. The smallest absolute Gasteiger partial charge is 0.261 e. The third-order valence-corrected chi connectivity index (χ3v) is 4.34. The largest absolute Gasteiger partial charge is 0.341 e. The number of aromatic nitrogens is 2. The number of carbonyl (C=O) groups is 1. The molecule has 2 heterocycles. The van der Waals surface area contributed by atoms with E-state index < -0.39 is 0 Å². The third kappa shape index (κ3) is 2.99. The van der Waals surface area contributed by atoms with E-state index in [0.29, 0.717) is 21.8 Å². The summed E-state index contributed by atoms with van der Waals surface area (Å²) in [6, 6.07) is 4.99. The predicted molar refractivity (Wildman–Crippen MR) is 86.0 cm³/mol. The van der Waals surface area contributed by atoms with Gasteiger partial charge in [-0.05, 0) is 37.0 Å². The predicted octanol–water partition coefficient (Wildman–Crippen LogP) is 2.31. The molecular weight excluding hydrogens is 302 g/mol. The Morgan fingerprint density at radius 1 is 1.45 bits per heavy atom. The SMILES string of the molecule is CC1CCCN(C(=O)Cn2cnc3ccc(Cl)cc3c2=O)C1. The average Bonchev–Trinajstić information content (AvgIpc) is 2.50. The molecule has 1 aromatic carbocycles. The van der Waals surface area contributed by atoms with Crippen LogP contribution in [-0.2, 0) is 11.3 Å². The summed E-state index contributed by atoms with van der Waals surface area (Å²) in [5.74, 6) is 0.486. The van der Waals surface area contributed by atoms with Crippen molar-refractivity contribution in [2.24, 2.45) is 5.92 Å². The standard InChI is InChI=1S/C16H18ClN3O2/c1-11-3-2-6-19(8-11)15(21)9-20-10-18-14-5-4-12(17)7-13(14)16(20)22/h4-5,7,10-11H,2-3,6,8-9H2,1H3. The van der Waals surface area contributed by atoms with E-state index in [0.717, 1.165) is 25.9 Å². The summed E-state index contributed by atoms with van der Waals surface area (Å²) in [4.78, 5) is 30.9. The van der Waals surface area contributed by atoms with E-state index in [2.05, 4.69) is 11.9 Å². The Hall–Kier alpha value is -1.88. The molecule has 22 heavy (non-hydrogen) atoms. The Bertz CT molecular complexity index is 772. The van der Waals surface area contributed by atoms with E-state index in [1.807, 2.05) is 4.90 Å². The molecule has 6 heteroatoms. The number of benzene rings is 1. The number of halogens is 1. The fourth-order valence-corrected chi connectivity index (χ4v) is 3.08. The second-order valence-corrected chi connectivity index (χ2v) is 6.36. The number of rotatable bonds is 2. The normalized spacial score (nSPS) is 18.6. The highest BCUT2D eigenvalue weighted by Crippen LogP contribution is 2.16. The van der Waals surface area contributed by atoms with E-state index in [1.165, 1.54) is 10.9 Å². The molecule has 0 saturated carbocycles. The van der Waals surface area contributed by atoms with Gasteiger partial charge in [0.2, 0.25) is 5.91 Å². The number of hydrogen-bond donors (Lipinski definition) is 0. The molecule has 1 amide bonds. The number of piperidine rings is 1. The topological polar surface area (TPSA) is 55.2 Å². The number of likely N-dealkylation sites (tertiary alicyclic amines) is 1. The lowest BCUT2D eigenvalue weighted by Gasteiger charge is -2.31. The first-order chi connectivity index (χ1) is 10.5. The summed E-state index contributed by atoms with van der Waals surface area (Å²) >= 11 is 5.94. The molecule has 0 bridgehead atoms. The number of hydrogen-bond acceptors (Lipinski definition) is 3. The molecule has 1 aromatic heterocycles. The van der Waals surface area contributed by atoms with Crippen molar-refractivity contribution in [2.45, 2.75) is 26.3 Å². The minimum absolute atomic E-state index is 0.0288. The highest BCUT2D eigenvalue weighted by atomic mass is 35.5. The minimum atomic E-state index is -0.231. The lowest BCUT2D eigenvalue weighted by atomic mass is 10.0. The van der Waals surface area contributed by atoms with E-state index in [1.54, 1.807) is 18.2 Å². The van der Waals surface area contributed by atoms with Crippen molar-refractivity contribution in [1.82, 2.24) is 14.5 Å². The van der Waals surface area contributed by atoms with Crippen LogP contribution in [0.1, 0.15) is 19.8 Å². The summed E-state index contributed by atoms with van der Waals surface area (Å²) in [6.45, 7) is 3.71. The van der Waals surface area contributed by atoms with Gasteiger partial charge in [0.25, 0.3) is 5.56 Å². The van der Waals surface area contributed by atoms with Crippen molar-refractivity contribution in [3.05, 3.63) is 39.9 Å². The van der Waals surface area contributed by atoms with Gasteiger partial charge in [0, 0.05) is 18.1 Å². The zero-order valence-corrected chi connectivity index (χ0v) is 13.2. The summed E-state index contributed by atoms with van der Waals surface area (Å²) in [5, 5.41) is 0.926. The van der Waals surface area contributed by atoms with Crippen LogP contribution in [0.15, 0.2) is 29.3 Å². The number of fused-ring (bicyclic) bond motifs is 1. The molecule has 2 aromatic rings. The molecule has 5 nitrogen and oxygen atoms in total. The Morgan fingerprint density at radius 3 is 3.05 bits per heavy atom. The molecule has 1 fully saturated rings. The molecule has 0 aliphatic carbocycles. The molecule has 1 aliphatic heterocycles. The van der Waals surface area contributed by atoms with Crippen molar-refractivity contribution in [2.75, 3.05) is 13.1 Å². The maximum absolute atomic E-state index is 12.5. The van der Waals surface area contributed by atoms with Gasteiger partial charge in [-0.2, -0.15) is 0 Å². The van der Waals surface area contributed by atoms with Crippen LogP contribution in [0.2, 0.25) is 5.02 Å². The van der Waals surface area contributed by atoms with Gasteiger partial charge in [0.1, 0.15) is 6.54 Å². The second-order valence-electron chi connectivity index (χ2n) is 5.93. The van der Waals surface area contributed by atoms with E-state index in [-0.39, 0.29) is 18.0 Å². The molecule has 0 radical (unpaired) electrons. The van der Waals surface area contributed by atoms with Gasteiger partial charge in [-0.3, -0.25) is 14.2 Å². The molecule has 1 aliphatic rings. The number of amides is 1. The van der Waals surface area contributed by atoms with Gasteiger partial charge in [0.15, 0.2) is 0 Å². The number of nitrogens with zero attached hydrogens (tertiary/aromatic N) is 3. The number of carbonyl (C=O) groups excluding carboxylic acids is 1. The van der Waals surface area contributed by atoms with Crippen molar-refractivity contribution in [1.29, 1.82) is 0 Å². The Kier molecular flexibility index (Phi) is 4.16. The van der Waals surface area contributed by atoms with Gasteiger partial charge >= 0.3 is 0 Å². The van der Waals surface area contributed by atoms with Gasteiger partial charge in [-0.15, -0.1) is 0 Å². The second kappa shape index (κ2) is 6.08. The van der Waals surface area contributed by atoms with E-state index in [4.69, 9.17) is 11.6 Å². The zero-order chi connectivity index (χ0) is 15.7. The lowest BCUT2D eigenvalue weighted by molar-refractivity contribution is -0.133. The molecule has 1 unspecified atom stereocenters. The maximum atomic E-state index is 12.5. The van der Waals surface area contributed by atoms with Crippen LogP contribution in [-0.4, -0.2) is 33.4 Å². The van der Waals surface area contributed by atoms with Gasteiger partial charge in [-0.1, -0.05) is 18.5 Å². The van der Waals surface area contributed by atoms with Crippen molar-refractivity contribution < 1.29 is 4.79 Å². The van der Waals surface area contributed by atoms with E-state index in [9.17, 15) is 9.59 Å². The Morgan fingerprint density at radius 2 is 2.27 bits per heavy atom. The molecule has 3 rings (SSSR count). The van der Waals surface area contributed by atoms with Crippen LogP contribution in [0, 0.1) is 5.92 Å². The first-order valence-corrected chi connectivity index (χ1v) is 7.85. The van der Waals surface area contributed by atoms with Crippen LogP contribution in [0.25, 0.3) is 10.9 Å². The van der Waals surface area contributed by atoms with E-state index >= 15 is 0 Å². The van der Waals surface area contributed by atoms with Crippen LogP contribution in [0.5, 0.6) is 0 Å². The maximum Gasteiger partial charge on any atom is 0.261 e. The molecule has 1 atom stereocenters. The van der Waals surface area contributed by atoms with Crippen LogP contribution >= 0.6 is 11.6 Å². The average molecular weight is 320 g/mol. The minimum Gasteiger partial charge on any atom is -0.341 e. The fraction of sp³-hybridized carbons (Fsp3) is 0.438. The first kappa shape index (κ1) is 15.0. The van der Waals surface area contributed by atoms with Crippen LogP contribution in [0.3, 0.4) is 0 Å². The summed E-state index contributed by atoms with van der Waals surface area (Å²) < 4.78 is 1.36. The molecule has 1 saturated heterocycles. The van der Waals surface area contributed by atoms with Gasteiger partial charge < -0.3 is 4.90 Å². The highest BCUT2D eigenvalue weighted by molar-refractivity contribution is 6.31. The molecular formula is C16H18ClN3O2. The zero-order valence-electron chi connectivity index (χ0n) is 12.5. The Balaban J connectivity index is 1.86. The lowest BCUT2D eigenvalue weighted by Crippen LogP contribution is -2.42. The first-order valence-electron chi connectivity index (χ1n) is 7.47. The third-order valence-electron chi connectivity index (χ3n) is 4.10. The summed E-state index contributed by atoms with van der Waals surface area (Å²) in [6.07, 6.45) is 3.61. The van der Waals surface area contributed by atoms with Crippen molar-refractivity contribution in [3.63, 3.8) is 0 Å². The van der Waals surface area contributed by atoms with Gasteiger partial charge in [-0.25, -0.2) is 4.98 Å². The summed E-state index contributed by atoms with van der Waals surface area (Å²) in [5.41, 5.74) is 0.357. The van der Waals surface area contributed by atoms with Crippen LogP contribution < -0.4 is 5.56 Å². The highest BCUT2D eigenvalue weighted by Gasteiger charge is 2.21. The van der Waals surface area contributed by atoms with Crippen LogP contribution in [0.4, 0.5) is 0 Å². The summed E-state index contributed by atoms with van der Waals surface area (Å²) in [7, 11) is 0. The van der Waals surface area contributed by atoms with Gasteiger partial charge in [0.05, 0.1) is 17.2 Å². The molecule has 0 spiro atoms. The molecule has 116 valence electrons. The van der Waals surface area contributed by atoms with Crippen molar-refractivity contribution in [3.8, 4) is 0 Å². The molecule has 0 N–H and O–H groups in total. The van der Waals surface area contributed by atoms with Crippen molar-refractivity contribution >= 4 is 28.4 Å². The fourth-order valence-electron chi connectivity index (χ4n) is 2.91. The Labute approximate surface area is 133 Å². The monoisotopic (exact) mass is 319 g/mol.